The van der Waals surface area contributed by atoms with Gasteiger partial charge in [0.2, 0.25) is 0 Å². The van der Waals surface area contributed by atoms with E-state index in [1.54, 1.807) is 7.11 Å². The van der Waals surface area contributed by atoms with Crippen LogP contribution in [0.2, 0.25) is 0 Å². The second-order valence-corrected chi connectivity index (χ2v) is 5.95. The van der Waals surface area contributed by atoms with Crippen LogP contribution in [-0.2, 0) is 12.8 Å². The Morgan fingerprint density at radius 3 is 2.82 bits per heavy atom. The average Bonchev–Trinajstić information content (AvgIpc) is 2.99. The quantitative estimate of drug-likeness (QED) is 0.729. The molecule has 2 aromatic heterocycles. The molecule has 0 fully saturated rings. The molecule has 2 heterocycles. The minimum absolute atomic E-state index is 0.680. The third kappa shape index (κ3) is 2.13. The standard InChI is InChI=1S/C17H18N4O/c1-11-3-8-15-13(9-11)10-18-17-19-16(20-21(15)17)12-4-6-14(22-2)7-5-12/h4-7,10-11H,3,8-9H2,1-2H3. The van der Waals surface area contributed by atoms with Gasteiger partial charge in [0.25, 0.3) is 5.78 Å². The molecule has 112 valence electrons. The lowest BCUT2D eigenvalue weighted by Gasteiger charge is -2.20. The van der Waals surface area contributed by atoms with Crippen LogP contribution in [0.1, 0.15) is 24.6 Å². The van der Waals surface area contributed by atoms with E-state index in [9.17, 15) is 0 Å². The van der Waals surface area contributed by atoms with E-state index in [2.05, 4.69) is 22.0 Å². The fourth-order valence-electron chi connectivity index (χ4n) is 3.07. The summed E-state index contributed by atoms with van der Waals surface area (Å²) in [7, 11) is 1.66. The SMILES string of the molecule is COc1ccc(-c2nc3ncc4c(n3n2)CCC(C)C4)cc1. The maximum absolute atomic E-state index is 5.19. The molecule has 0 saturated carbocycles. The summed E-state index contributed by atoms with van der Waals surface area (Å²) in [5.41, 5.74) is 3.54. The van der Waals surface area contributed by atoms with Crippen molar-refractivity contribution in [2.24, 2.45) is 5.92 Å². The van der Waals surface area contributed by atoms with E-state index in [4.69, 9.17) is 4.74 Å². The van der Waals surface area contributed by atoms with Gasteiger partial charge < -0.3 is 4.74 Å². The van der Waals surface area contributed by atoms with Crippen LogP contribution < -0.4 is 4.74 Å². The van der Waals surface area contributed by atoms with Gasteiger partial charge in [-0.1, -0.05) is 6.92 Å². The molecule has 1 aromatic carbocycles. The normalized spacial score (nSPS) is 17.5. The third-order valence-corrected chi connectivity index (χ3v) is 4.34. The minimum atomic E-state index is 0.680. The summed E-state index contributed by atoms with van der Waals surface area (Å²) in [5, 5.41) is 4.68. The molecule has 4 rings (SSSR count). The van der Waals surface area contributed by atoms with Crippen LogP contribution in [0.4, 0.5) is 0 Å². The zero-order valence-corrected chi connectivity index (χ0v) is 12.8. The summed E-state index contributed by atoms with van der Waals surface area (Å²) in [6.07, 6.45) is 5.29. The molecule has 1 aliphatic rings. The number of fused-ring (bicyclic) bond motifs is 3. The Morgan fingerprint density at radius 2 is 2.05 bits per heavy atom. The second-order valence-electron chi connectivity index (χ2n) is 5.95. The van der Waals surface area contributed by atoms with Crippen molar-refractivity contribution in [3.05, 3.63) is 41.7 Å². The molecular weight excluding hydrogens is 276 g/mol. The van der Waals surface area contributed by atoms with Crippen LogP contribution in [0.5, 0.6) is 5.75 Å². The highest BCUT2D eigenvalue weighted by Gasteiger charge is 2.20. The zero-order chi connectivity index (χ0) is 15.1. The van der Waals surface area contributed by atoms with Crippen LogP contribution in [-0.4, -0.2) is 26.7 Å². The van der Waals surface area contributed by atoms with E-state index in [1.807, 2.05) is 35.0 Å². The summed E-state index contributed by atoms with van der Waals surface area (Å²) in [6, 6.07) is 7.79. The lowest BCUT2D eigenvalue weighted by atomic mass is 9.89. The first kappa shape index (κ1) is 13.2. The predicted molar refractivity (Wildman–Crippen MR) is 84.0 cm³/mol. The van der Waals surface area contributed by atoms with Crippen LogP contribution in [0.25, 0.3) is 17.2 Å². The van der Waals surface area contributed by atoms with Crippen molar-refractivity contribution in [2.45, 2.75) is 26.2 Å². The first-order valence-corrected chi connectivity index (χ1v) is 7.62. The Hall–Kier alpha value is -2.43. The molecule has 5 nitrogen and oxygen atoms in total. The third-order valence-electron chi connectivity index (χ3n) is 4.34. The number of hydrogen-bond donors (Lipinski definition) is 0. The van der Waals surface area contributed by atoms with Crippen molar-refractivity contribution < 1.29 is 4.74 Å². The van der Waals surface area contributed by atoms with Gasteiger partial charge in [-0.3, -0.25) is 0 Å². The van der Waals surface area contributed by atoms with Crippen molar-refractivity contribution in [3.63, 3.8) is 0 Å². The fraction of sp³-hybridized carbons (Fsp3) is 0.353. The van der Waals surface area contributed by atoms with Gasteiger partial charge >= 0.3 is 0 Å². The Labute approximate surface area is 129 Å². The van der Waals surface area contributed by atoms with Crippen LogP contribution in [0.3, 0.4) is 0 Å². The van der Waals surface area contributed by atoms with E-state index in [1.165, 1.54) is 17.7 Å². The van der Waals surface area contributed by atoms with E-state index >= 15 is 0 Å². The highest BCUT2D eigenvalue weighted by molar-refractivity contribution is 5.58. The molecule has 0 saturated heterocycles. The van der Waals surface area contributed by atoms with Crippen LogP contribution in [0, 0.1) is 5.92 Å². The summed E-state index contributed by atoms with van der Waals surface area (Å²) in [4.78, 5) is 9.04. The molecule has 0 amide bonds. The van der Waals surface area contributed by atoms with Gasteiger partial charge in [-0.15, -0.1) is 5.10 Å². The number of ether oxygens (including phenoxy) is 1. The van der Waals surface area contributed by atoms with Crippen molar-refractivity contribution in [3.8, 4) is 17.1 Å². The fourth-order valence-corrected chi connectivity index (χ4v) is 3.07. The van der Waals surface area contributed by atoms with Gasteiger partial charge in [0.05, 0.1) is 12.8 Å². The largest absolute Gasteiger partial charge is 0.497 e. The molecule has 1 unspecified atom stereocenters. The van der Waals surface area contributed by atoms with Gasteiger partial charge in [0.1, 0.15) is 5.75 Å². The predicted octanol–water partition coefficient (Wildman–Crippen LogP) is 2.92. The molecule has 1 atom stereocenters. The molecule has 0 radical (unpaired) electrons. The Morgan fingerprint density at radius 1 is 1.23 bits per heavy atom. The molecule has 0 N–H and O–H groups in total. The van der Waals surface area contributed by atoms with Crippen LogP contribution >= 0.6 is 0 Å². The van der Waals surface area contributed by atoms with Crippen molar-refractivity contribution in [2.75, 3.05) is 7.11 Å². The number of aromatic nitrogens is 4. The maximum Gasteiger partial charge on any atom is 0.252 e. The van der Waals surface area contributed by atoms with Crippen LogP contribution in [0.15, 0.2) is 30.5 Å². The van der Waals surface area contributed by atoms with E-state index in [0.717, 1.165) is 30.1 Å². The summed E-state index contributed by atoms with van der Waals surface area (Å²) < 4.78 is 7.11. The number of rotatable bonds is 2. The lowest BCUT2D eigenvalue weighted by molar-refractivity contribution is 0.415. The van der Waals surface area contributed by atoms with E-state index in [-0.39, 0.29) is 0 Å². The van der Waals surface area contributed by atoms with Crippen molar-refractivity contribution >= 4 is 5.78 Å². The number of benzene rings is 1. The molecule has 5 heteroatoms. The topological polar surface area (TPSA) is 52.3 Å². The molecule has 0 aliphatic heterocycles. The van der Waals surface area contributed by atoms with Gasteiger partial charge in [-0.05, 0) is 55.0 Å². The molecule has 1 aliphatic carbocycles. The molecule has 22 heavy (non-hydrogen) atoms. The smallest absolute Gasteiger partial charge is 0.252 e. The molecule has 3 aromatic rings. The van der Waals surface area contributed by atoms with Crippen molar-refractivity contribution in [1.82, 2.24) is 19.6 Å². The molecule has 0 bridgehead atoms. The van der Waals surface area contributed by atoms with Gasteiger partial charge in [-0.25, -0.2) is 9.50 Å². The van der Waals surface area contributed by atoms with Gasteiger partial charge in [-0.2, -0.15) is 4.98 Å². The zero-order valence-electron chi connectivity index (χ0n) is 12.8. The number of hydrogen-bond acceptors (Lipinski definition) is 4. The maximum atomic E-state index is 5.19. The van der Waals surface area contributed by atoms with E-state index < -0.39 is 0 Å². The molecule has 0 spiro atoms. The lowest BCUT2D eigenvalue weighted by Crippen LogP contribution is -2.16. The number of methoxy groups -OCH3 is 1. The first-order valence-electron chi connectivity index (χ1n) is 7.62. The Kier molecular flexibility index (Phi) is 3.06. The van der Waals surface area contributed by atoms with E-state index in [0.29, 0.717) is 11.6 Å². The Bertz CT molecular complexity index is 823. The summed E-state index contributed by atoms with van der Waals surface area (Å²) >= 11 is 0. The molecular formula is C17H18N4O. The second kappa shape index (κ2) is 5.09. The average molecular weight is 294 g/mol. The highest BCUT2D eigenvalue weighted by Crippen LogP contribution is 2.26. The first-order chi connectivity index (χ1) is 10.7. The Balaban J connectivity index is 1.80. The number of nitrogens with zero attached hydrogens (tertiary/aromatic N) is 4. The summed E-state index contributed by atoms with van der Waals surface area (Å²) in [5.74, 6) is 2.94. The number of aryl methyl sites for hydroxylation is 1. The van der Waals surface area contributed by atoms with Crippen molar-refractivity contribution in [1.29, 1.82) is 0 Å². The summed E-state index contributed by atoms with van der Waals surface area (Å²) in [6.45, 7) is 2.29. The van der Waals surface area contributed by atoms with Gasteiger partial charge in [0, 0.05) is 11.8 Å². The monoisotopic (exact) mass is 294 g/mol. The highest BCUT2D eigenvalue weighted by atomic mass is 16.5. The van der Waals surface area contributed by atoms with Gasteiger partial charge in [0.15, 0.2) is 5.82 Å². The minimum Gasteiger partial charge on any atom is -0.497 e.